The maximum Gasteiger partial charge on any atom is 0.282 e. The number of nitrogens with zero attached hydrogens (tertiary/aromatic N) is 2. The number of benzene rings is 1. The Balaban J connectivity index is 1.64. The fraction of sp³-hybridized carbons (Fsp3) is 0.118. The van der Waals surface area contributed by atoms with Gasteiger partial charge in [-0.15, -0.1) is 10.2 Å². The second-order valence-corrected chi connectivity index (χ2v) is 7.54. The molecule has 3 aromatic rings. The van der Waals surface area contributed by atoms with Crippen LogP contribution in [0.15, 0.2) is 45.5 Å². The van der Waals surface area contributed by atoms with Gasteiger partial charge in [-0.2, -0.15) is 0 Å². The second-order valence-electron chi connectivity index (χ2n) is 5.24. The van der Waals surface area contributed by atoms with E-state index in [1.54, 1.807) is 18.4 Å². The van der Waals surface area contributed by atoms with Crippen LogP contribution in [0.4, 0.5) is 0 Å². The van der Waals surface area contributed by atoms with Crippen LogP contribution in [0.1, 0.15) is 31.7 Å². The average Bonchev–Trinajstić information content (AvgIpc) is 3.23. The quantitative estimate of drug-likeness (QED) is 0.617. The van der Waals surface area contributed by atoms with Crippen LogP contribution in [-0.2, 0) is 6.54 Å². The number of halogens is 2. The molecule has 8 heteroatoms. The van der Waals surface area contributed by atoms with Crippen molar-refractivity contribution < 1.29 is 9.21 Å². The van der Waals surface area contributed by atoms with Crippen molar-refractivity contribution in [3.63, 3.8) is 0 Å². The van der Waals surface area contributed by atoms with E-state index in [0.717, 1.165) is 21.4 Å². The molecule has 0 bridgehead atoms. The first-order valence-corrected chi connectivity index (χ1v) is 9.29. The number of rotatable bonds is 5. The van der Waals surface area contributed by atoms with Gasteiger partial charge in [-0.05, 0) is 34.5 Å². The van der Waals surface area contributed by atoms with E-state index in [1.807, 2.05) is 31.2 Å². The van der Waals surface area contributed by atoms with Gasteiger partial charge >= 0.3 is 0 Å². The van der Waals surface area contributed by atoms with E-state index in [1.165, 1.54) is 5.56 Å². The molecule has 0 spiro atoms. The van der Waals surface area contributed by atoms with Gasteiger partial charge in [0.25, 0.3) is 5.91 Å². The minimum absolute atomic E-state index is 0.259. The number of aromatic nitrogens is 2. The van der Waals surface area contributed by atoms with Crippen molar-refractivity contribution in [3.05, 3.63) is 68.0 Å². The topological polar surface area (TPSA) is 68.0 Å². The van der Waals surface area contributed by atoms with Gasteiger partial charge in [-0.25, -0.2) is 0 Å². The van der Waals surface area contributed by atoms with Crippen molar-refractivity contribution in [2.24, 2.45) is 0 Å². The summed E-state index contributed by atoms with van der Waals surface area (Å²) in [6, 6.07) is 9.73. The first kappa shape index (κ1) is 17.8. The summed E-state index contributed by atoms with van der Waals surface area (Å²) in [5.74, 6) is 0.298. The van der Waals surface area contributed by atoms with Crippen LogP contribution < -0.4 is 5.32 Å². The molecule has 25 heavy (non-hydrogen) atoms. The first-order valence-electron chi connectivity index (χ1n) is 7.30. The Bertz CT molecular complexity index is 918. The molecule has 128 valence electrons. The zero-order valence-electron chi connectivity index (χ0n) is 13.1. The van der Waals surface area contributed by atoms with Crippen molar-refractivity contribution in [2.45, 2.75) is 13.5 Å². The molecule has 1 N–H and O–H groups in total. The van der Waals surface area contributed by atoms with Crippen molar-refractivity contribution in [1.82, 2.24) is 15.5 Å². The second kappa shape index (κ2) is 7.95. The first-order chi connectivity index (χ1) is 12.0. The molecule has 0 aliphatic rings. The highest BCUT2D eigenvalue weighted by Gasteiger charge is 2.14. The van der Waals surface area contributed by atoms with Crippen LogP contribution in [0.2, 0.25) is 0 Å². The van der Waals surface area contributed by atoms with Gasteiger partial charge in [0.05, 0.1) is 9.51 Å². The van der Waals surface area contributed by atoms with Crippen LogP contribution >= 0.6 is 38.9 Å². The zero-order valence-corrected chi connectivity index (χ0v) is 16.3. The lowest BCUT2D eigenvalue weighted by molar-refractivity contribution is 0.0950. The number of nitrogens with one attached hydrogen (secondary N) is 1. The summed E-state index contributed by atoms with van der Waals surface area (Å²) >= 11 is 10.6. The van der Waals surface area contributed by atoms with E-state index in [2.05, 4.69) is 31.4 Å². The van der Waals surface area contributed by atoms with Gasteiger partial charge in [0.15, 0.2) is 5.01 Å². The summed E-state index contributed by atoms with van der Waals surface area (Å²) in [6.07, 6.45) is 3.18. The third-order valence-corrected chi connectivity index (χ3v) is 5.03. The van der Waals surface area contributed by atoms with Crippen LogP contribution in [0.25, 0.3) is 11.1 Å². The Kier molecular flexibility index (Phi) is 5.67. The molecule has 0 fully saturated rings. The van der Waals surface area contributed by atoms with Crippen LogP contribution in [0.5, 0.6) is 0 Å². The van der Waals surface area contributed by atoms with Gasteiger partial charge in [-0.1, -0.05) is 52.8 Å². The number of aryl methyl sites for hydroxylation is 1. The van der Waals surface area contributed by atoms with Crippen LogP contribution in [0.3, 0.4) is 0 Å². The number of hydrogen-bond acceptors (Lipinski definition) is 5. The van der Waals surface area contributed by atoms with Crippen LogP contribution in [-0.4, -0.2) is 16.1 Å². The number of furan rings is 1. The molecule has 1 amide bonds. The van der Waals surface area contributed by atoms with Gasteiger partial charge < -0.3 is 9.73 Å². The molecule has 0 saturated heterocycles. The van der Waals surface area contributed by atoms with Gasteiger partial charge in [0, 0.05) is 12.6 Å². The number of carbonyl (C=O) groups is 1. The Labute approximate surface area is 161 Å². The molecule has 2 aromatic heterocycles. The Morgan fingerprint density at radius 2 is 2.04 bits per heavy atom. The lowest BCUT2D eigenvalue weighted by Crippen LogP contribution is -2.22. The molecule has 0 unspecified atom stereocenters. The third-order valence-electron chi connectivity index (χ3n) is 3.25. The van der Waals surface area contributed by atoms with Gasteiger partial charge in [0.1, 0.15) is 12.0 Å². The lowest BCUT2D eigenvalue weighted by Gasteiger charge is -2.03. The highest BCUT2D eigenvalue weighted by Crippen LogP contribution is 2.26. The monoisotopic (exact) mass is 437 g/mol. The fourth-order valence-corrected chi connectivity index (χ4v) is 3.21. The Hall–Kier alpha value is -1.96. The molecule has 2 heterocycles. The van der Waals surface area contributed by atoms with E-state index in [4.69, 9.17) is 16.0 Å². The predicted molar refractivity (Wildman–Crippen MR) is 102 cm³/mol. The standard InChI is InChI=1S/C17H13BrClN3O2S/c1-10-2-4-11(5-3-10)8-20-15(23)17-22-21-16(25-17)14(19)7-13-6-12(18)9-24-13/h2-7,9H,8H2,1H3,(H,20,23). The highest BCUT2D eigenvalue weighted by molar-refractivity contribution is 9.10. The molecule has 0 saturated carbocycles. The maximum atomic E-state index is 12.2. The van der Waals surface area contributed by atoms with Crippen molar-refractivity contribution >= 4 is 55.9 Å². The molecule has 0 aliphatic heterocycles. The Morgan fingerprint density at radius 1 is 1.32 bits per heavy atom. The van der Waals surface area contributed by atoms with Crippen LogP contribution in [0, 0.1) is 6.92 Å². The minimum Gasteiger partial charge on any atom is -0.464 e. The van der Waals surface area contributed by atoms with E-state index < -0.39 is 0 Å². The summed E-state index contributed by atoms with van der Waals surface area (Å²) in [5, 5.41) is 11.8. The predicted octanol–water partition coefficient (Wildman–Crippen LogP) is 4.87. The molecule has 0 atom stereocenters. The summed E-state index contributed by atoms with van der Waals surface area (Å²) in [7, 11) is 0. The van der Waals surface area contributed by atoms with Crippen molar-refractivity contribution in [3.8, 4) is 0 Å². The molecule has 0 radical (unpaired) electrons. The molecule has 3 rings (SSSR count). The van der Waals surface area contributed by atoms with Crippen molar-refractivity contribution in [2.75, 3.05) is 0 Å². The lowest BCUT2D eigenvalue weighted by atomic mass is 10.1. The molecular weight excluding hydrogens is 426 g/mol. The normalized spacial score (nSPS) is 11.6. The number of carbonyl (C=O) groups excluding carboxylic acids is 1. The van der Waals surface area contributed by atoms with Gasteiger partial charge in [0.2, 0.25) is 5.01 Å². The third kappa shape index (κ3) is 4.78. The highest BCUT2D eigenvalue weighted by atomic mass is 79.9. The summed E-state index contributed by atoms with van der Waals surface area (Å²) in [6.45, 7) is 2.45. The molecular formula is C17H13BrClN3O2S. The van der Waals surface area contributed by atoms with E-state index >= 15 is 0 Å². The fourth-order valence-electron chi connectivity index (χ4n) is 1.97. The maximum absolute atomic E-state index is 12.2. The largest absolute Gasteiger partial charge is 0.464 e. The summed E-state index contributed by atoms with van der Waals surface area (Å²) in [4.78, 5) is 12.2. The van der Waals surface area contributed by atoms with Crippen molar-refractivity contribution in [1.29, 1.82) is 0 Å². The van der Waals surface area contributed by atoms with E-state index in [0.29, 0.717) is 22.3 Å². The number of amides is 1. The Morgan fingerprint density at radius 3 is 2.72 bits per heavy atom. The van der Waals surface area contributed by atoms with E-state index in [-0.39, 0.29) is 10.9 Å². The average molecular weight is 439 g/mol. The summed E-state index contributed by atoms with van der Waals surface area (Å²) < 4.78 is 6.09. The SMILES string of the molecule is Cc1ccc(CNC(=O)c2nnc(C(Cl)=Cc3cc(Br)co3)s2)cc1. The summed E-state index contributed by atoms with van der Waals surface area (Å²) in [5.41, 5.74) is 2.19. The molecule has 1 aromatic carbocycles. The molecule has 0 aliphatic carbocycles. The smallest absolute Gasteiger partial charge is 0.282 e. The zero-order chi connectivity index (χ0) is 17.8. The minimum atomic E-state index is -0.283. The number of hydrogen-bond donors (Lipinski definition) is 1. The molecule has 5 nitrogen and oxygen atoms in total. The van der Waals surface area contributed by atoms with Gasteiger partial charge in [-0.3, -0.25) is 4.79 Å². The van der Waals surface area contributed by atoms with E-state index in [9.17, 15) is 4.79 Å².